The molecule has 1 fully saturated rings. The van der Waals surface area contributed by atoms with E-state index >= 15 is 0 Å². The molecule has 1 aliphatic rings. The minimum atomic E-state index is 0.103. The topological polar surface area (TPSA) is 54.3 Å². The zero-order valence-electron chi connectivity index (χ0n) is 17.5. The Morgan fingerprint density at radius 1 is 1.10 bits per heavy atom. The average Bonchev–Trinajstić information content (AvgIpc) is 3.12. The van der Waals surface area contributed by atoms with Gasteiger partial charge in [-0.05, 0) is 44.5 Å². The molecule has 0 saturated carbocycles. The Hall–Kier alpha value is -2.73. The van der Waals surface area contributed by atoms with Gasteiger partial charge in [-0.25, -0.2) is 9.97 Å². The molecular formula is C23H29N5O. The number of amides is 1. The molecule has 1 saturated heterocycles. The summed E-state index contributed by atoms with van der Waals surface area (Å²) in [5.74, 6) is 0.978. The summed E-state index contributed by atoms with van der Waals surface area (Å²) in [6, 6.07) is 12.3. The summed E-state index contributed by atoms with van der Waals surface area (Å²) in [4.78, 5) is 26.8. The highest BCUT2D eigenvalue weighted by atomic mass is 16.2. The van der Waals surface area contributed by atoms with Gasteiger partial charge in [0.2, 0.25) is 0 Å². The van der Waals surface area contributed by atoms with E-state index in [0.29, 0.717) is 6.04 Å². The normalized spacial score (nSPS) is 15.4. The molecule has 3 aromatic rings. The van der Waals surface area contributed by atoms with Crippen molar-refractivity contribution in [1.82, 2.24) is 24.3 Å². The molecule has 152 valence electrons. The van der Waals surface area contributed by atoms with Crippen LogP contribution in [0.1, 0.15) is 37.6 Å². The molecular weight excluding hydrogens is 362 g/mol. The van der Waals surface area contributed by atoms with Gasteiger partial charge >= 0.3 is 0 Å². The zero-order valence-corrected chi connectivity index (χ0v) is 17.5. The first-order chi connectivity index (χ1) is 14.1. The van der Waals surface area contributed by atoms with E-state index in [1.54, 1.807) is 6.20 Å². The van der Waals surface area contributed by atoms with Crippen LogP contribution in [0, 0.1) is 0 Å². The van der Waals surface area contributed by atoms with Crippen molar-refractivity contribution >= 4 is 17.1 Å². The second kappa shape index (κ2) is 8.33. The summed E-state index contributed by atoms with van der Waals surface area (Å²) < 4.78 is 2.15. The van der Waals surface area contributed by atoms with Crippen LogP contribution < -0.4 is 0 Å². The fourth-order valence-corrected chi connectivity index (χ4v) is 4.03. The van der Waals surface area contributed by atoms with Gasteiger partial charge in [0.25, 0.3) is 5.91 Å². The summed E-state index contributed by atoms with van der Waals surface area (Å²) in [5.41, 5.74) is 3.47. The number of carbonyl (C=O) groups is 1. The number of nitrogens with zero attached hydrogens (tertiary/aromatic N) is 5. The molecule has 6 heteroatoms. The lowest BCUT2D eigenvalue weighted by Crippen LogP contribution is -2.50. The molecule has 0 unspecified atom stereocenters. The molecule has 2 aromatic heterocycles. The number of aromatic nitrogens is 3. The Morgan fingerprint density at radius 3 is 2.62 bits per heavy atom. The van der Waals surface area contributed by atoms with Gasteiger partial charge < -0.3 is 9.47 Å². The number of piperazine rings is 1. The summed E-state index contributed by atoms with van der Waals surface area (Å²) >= 11 is 0. The van der Waals surface area contributed by atoms with Gasteiger partial charge in [-0.3, -0.25) is 9.69 Å². The lowest BCUT2D eigenvalue weighted by atomic mass is 10.1. The number of aryl methyl sites for hydroxylation is 1. The molecule has 6 nitrogen and oxygen atoms in total. The smallest absolute Gasteiger partial charge is 0.253 e. The minimum Gasteiger partial charge on any atom is -0.336 e. The van der Waals surface area contributed by atoms with E-state index in [1.807, 2.05) is 41.3 Å². The SMILES string of the molecule is CCCn1c(-c2cccc(C(=O)N3CCN(C(C)C)CC3)c2)nc2cccnc21. The predicted molar refractivity (Wildman–Crippen MR) is 116 cm³/mol. The van der Waals surface area contributed by atoms with Gasteiger partial charge in [-0.1, -0.05) is 19.1 Å². The summed E-state index contributed by atoms with van der Waals surface area (Å²) in [7, 11) is 0. The highest BCUT2D eigenvalue weighted by Crippen LogP contribution is 2.25. The Kier molecular flexibility index (Phi) is 5.62. The lowest BCUT2D eigenvalue weighted by molar-refractivity contribution is 0.0595. The van der Waals surface area contributed by atoms with Crippen molar-refractivity contribution in [3.05, 3.63) is 48.2 Å². The molecule has 29 heavy (non-hydrogen) atoms. The van der Waals surface area contributed by atoms with Crippen LogP contribution in [0.25, 0.3) is 22.6 Å². The number of hydrogen-bond donors (Lipinski definition) is 0. The standard InChI is InChI=1S/C23H29N5O/c1-4-11-28-21(25-20-9-6-10-24-22(20)28)18-7-5-8-19(16-18)23(29)27-14-12-26(13-15-27)17(2)3/h5-10,16-17H,4,11-15H2,1-3H3. The van der Waals surface area contributed by atoms with Crippen molar-refractivity contribution in [2.45, 2.75) is 39.8 Å². The van der Waals surface area contributed by atoms with Crippen molar-refractivity contribution in [2.75, 3.05) is 26.2 Å². The Labute approximate surface area is 172 Å². The molecule has 1 aliphatic heterocycles. The molecule has 0 aliphatic carbocycles. The van der Waals surface area contributed by atoms with Crippen molar-refractivity contribution in [3.63, 3.8) is 0 Å². The fraction of sp³-hybridized carbons (Fsp3) is 0.435. The van der Waals surface area contributed by atoms with Crippen molar-refractivity contribution in [3.8, 4) is 11.4 Å². The van der Waals surface area contributed by atoms with Gasteiger partial charge in [0, 0.05) is 56.1 Å². The molecule has 0 N–H and O–H groups in total. The van der Waals surface area contributed by atoms with Gasteiger partial charge in [-0.15, -0.1) is 0 Å². The van der Waals surface area contributed by atoms with E-state index in [0.717, 1.165) is 67.3 Å². The van der Waals surface area contributed by atoms with E-state index in [-0.39, 0.29) is 5.91 Å². The zero-order chi connectivity index (χ0) is 20.4. The van der Waals surface area contributed by atoms with Gasteiger partial charge in [0.15, 0.2) is 5.65 Å². The molecule has 0 bridgehead atoms. The fourth-order valence-electron chi connectivity index (χ4n) is 4.03. The first-order valence-corrected chi connectivity index (χ1v) is 10.5. The second-order valence-electron chi connectivity index (χ2n) is 7.94. The van der Waals surface area contributed by atoms with E-state index in [9.17, 15) is 4.79 Å². The van der Waals surface area contributed by atoms with E-state index in [1.165, 1.54) is 0 Å². The number of fused-ring (bicyclic) bond motifs is 1. The predicted octanol–water partition coefficient (Wildman–Crippen LogP) is 3.67. The first kappa shape index (κ1) is 19.6. The van der Waals surface area contributed by atoms with Crippen molar-refractivity contribution in [2.24, 2.45) is 0 Å². The van der Waals surface area contributed by atoms with Crippen LogP contribution in [0.15, 0.2) is 42.6 Å². The number of pyridine rings is 1. The monoisotopic (exact) mass is 391 g/mol. The molecule has 0 atom stereocenters. The number of imidazole rings is 1. The highest BCUT2D eigenvalue weighted by Gasteiger charge is 2.24. The van der Waals surface area contributed by atoms with Gasteiger partial charge in [-0.2, -0.15) is 0 Å². The average molecular weight is 392 g/mol. The molecule has 1 amide bonds. The quantitative estimate of drug-likeness (QED) is 0.666. The maximum Gasteiger partial charge on any atom is 0.253 e. The largest absolute Gasteiger partial charge is 0.336 e. The van der Waals surface area contributed by atoms with E-state index in [4.69, 9.17) is 4.98 Å². The molecule has 1 aromatic carbocycles. The summed E-state index contributed by atoms with van der Waals surface area (Å²) in [6.07, 6.45) is 2.80. The van der Waals surface area contributed by atoms with Crippen LogP contribution in [0.3, 0.4) is 0 Å². The number of rotatable bonds is 5. The van der Waals surface area contributed by atoms with Crippen LogP contribution in [0.2, 0.25) is 0 Å². The maximum atomic E-state index is 13.1. The number of benzene rings is 1. The van der Waals surface area contributed by atoms with Gasteiger partial charge in [0.1, 0.15) is 11.3 Å². The van der Waals surface area contributed by atoms with E-state index < -0.39 is 0 Å². The van der Waals surface area contributed by atoms with Gasteiger partial charge in [0.05, 0.1) is 0 Å². The second-order valence-corrected chi connectivity index (χ2v) is 7.94. The number of carbonyl (C=O) groups excluding carboxylic acids is 1. The third kappa shape index (κ3) is 3.90. The lowest BCUT2D eigenvalue weighted by Gasteiger charge is -2.37. The number of hydrogen-bond acceptors (Lipinski definition) is 4. The molecule has 4 rings (SSSR count). The van der Waals surface area contributed by atoms with Crippen LogP contribution in [0.4, 0.5) is 0 Å². The Bertz CT molecular complexity index is 1000. The highest BCUT2D eigenvalue weighted by molar-refractivity contribution is 5.95. The van der Waals surface area contributed by atoms with Crippen molar-refractivity contribution in [1.29, 1.82) is 0 Å². The van der Waals surface area contributed by atoms with Crippen LogP contribution in [-0.2, 0) is 6.54 Å². The third-order valence-electron chi connectivity index (χ3n) is 5.65. The molecule has 3 heterocycles. The van der Waals surface area contributed by atoms with Crippen LogP contribution >= 0.6 is 0 Å². The maximum absolute atomic E-state index is 13.1. The minimum absolute atomic E-state index is 0.103. The van der Waals surface area contributed by atoms with E-state index in [2.05, 4.69) is 35.2 Å². The summed E-state index contributed by atoms with van der Waals surface area (Å²) in [5, 5.41) is 0. The first-order valence-electron chi connectivity index (χ1n) is 10.5. The Morgan fingerprint density at radius 2 is 1.90 bits per heavy atom. The Balaban J connectivity index is 1.62. The van der Waals surface area contributed by atoms with Crippen molar-refractivity contribution < 1.29 is 4.79 Å². The third-order valence-corrected chi connectivity index (χ3v) is 5.65. The summed E-state index contributed by atoms with van der Waals surface area (Å²) in [6.45, 7) is 10.8. The molecule has 0 spiro atoms. The van der Waals surface area contributed by atoms with Crippen LogP contribution in [0.5, 0.6) is 0 Å². The molecule has 0 radical (unpaired) electrons. The van der Waals surface area contributed by atoms with Crippen LogP contribution in [-0.4, -0.2) is 62.5 Å².